The summed E-state index contributed by atoms with van der Waals surface area (Å²) in [4.78, 5) is 32.6. The van der Waals surface area contributed by atoms with E-state index in [0.29, 0.717) is 56.8 Å². The first-order valence-corrected chi connectivity index (χ1v) is 10.7. The molecule has 0 atom stereocenters. The minimum absolute atomic E-state index is 0.0443. The number of carbonyl (C=O) groups excluding carboxylic acids is 2. The molecule has 0 radical (unpaired) electrons. The van der Waals surface area contributed by atoms with Crippen molar-refractivity contribution in [2.75, 3.05) is 39.8 Å². The molecule has 1 aliphatic rings. The van der Waals surface area contributed by atoms with Crippen molar-refractivity contribution < 1.29 is 18.8 Å². The molecular formula is C22H31N5O4. The molecule has 2 aromatic rings. The average molecular weight is 430 g/mol. The number of rotatable bonds is 9. The smallest absolute Gasteiger partial charge is 0.242 e. The zero-order valence-electron chi connectivity index (χ0n) is 18.5. The van der Waals surface area contributed by atoms with E-state index in [-0.39, 0.29) is 18.4 Å². The monoisotopic (exact) mass is 429 g/mol. The van der Waals surface area contributed by atoms with Crippen LogP contribution in [0.5, 0.6) is 5.75 Å². The molecule has 0 aliphatic carbocycles. The lowest BCUT2D eigenvalue weighted by atomic mass is 10.1. The molecule has 0 saturated carbocycles. The second kappa shape index (κ2) is 10.9. The van der Waals surface area contributed by atoms with Crippen LogP contribution in [0.3, 0.4) is 0 Å². The molecule has 2 heterocycles. The fourth-order valence-electron chi connectivity index (χ4n) is 3.32. The number of ether oxygens (including phenoxy) is 1. The predicted octanol–water partition coefficient (Wildman–Crippen LogP) is 1.94. The normalized spacial score (nSPS) is 14.6. The molecule has 0 unspecified atom stereocenters. The average Bonchev–Trinajstić information content (AvgIpc) is 3.25. The van der Waals surface area contributed by atoms with Crippen molar-refractivity contribution >= 4 is 11.8 Å². The molecule has 31 heavy (non-hydrogen) atoms. The molecule has 1 fully saturated rings. The molecule has 0 spiro atoms. The quantitative estimate of drug-likeness (QED) is 0.650. The van der Waals surface area contributed by atoms with Crippen molar-refractivity contribution in [3.63, 3.8) is 0 Å². The number of amides is 2. The maximum atomic E-state index is 12.4. The summed E-state index contributed by atoms with van der Waals surface area (Å²) in [5.41, 5.74) is 0.863. The highest BCUT2D eigenvalue weighted by atomic mass is 16.5. The Bertz CT molecular complexity index is 857. The van der Waals surface area contributed by atoms with E-state index in [1.54, 1.807) is 12.0 Å². The number of nitrogens with zero attached hydrogens (tertiary/aromatic N) is 4. The van der Waals surface area contributed by atoms with Gasteiger partial charge in [-0.2, -0.15) is 4.98 Å². The van der Waals surface area contributed by atoms with Gasteiger partial charge in [0.15, 0.2) is 0 Å². The molecule has 1 aromatic heterocycles. The van der Waals surface area contributed by atoms with Gasteiger partial charge in [0.1, 0.15) is 5.75 Å². The number of hydrogen-bond donors (Lipinski definition) is 1. The van der Waals surface area contributed by atoms with Gasteiger partial charge < -0.3 is 19.5 Å². The van der Waals surface area contributed by atoms with Crippen LogP contribution in [-0.2, 0) is 16.1 Å². The Kier molecular flexibility index (Phi) is 8.00. The third-order valence-electron chi connectivity index (χ3n) is 5.29. The zero-order chi connectivity index (χ0) is 22.2. The molecule has 1 aromatic carbocycles. The van der Waals surface area contributed by atoms with Crippen LogP contribution in [0, 0.1) is 5.92 Å². The highest BCUT2D eigenvalue weighted by molar-refractivity contribution is 5.84. The first kappa shape index (κ1) is 22.7. The van der Waals surface area contributed by atoms with Gasteiger partial charge in [0.05, 0.1) is 20.2 Å². The van der Waals surface area contributed by atoms with Crippen LogP contribution < -0.4 is 10.1 Å². The Balaban J connectivity index is 1.41. The van der Waals surface area contributed by atoms with Crippen molar-refractivity contribution in [1.82, 2.24) is 25.3 Å². The Morgan fingerprint density at radius 3 is 2.52 bits per heavy atom. The van der Waals surface area contributed by atoms with Gasteiger partial charge in [-0.05, 0) is 36.6 Å². The van der Waals surface area contributed by atoms with Crippen molar-refractivity contribution in [1.29, 1.82) is 0 Å². The largest absolute Gasteiger partial charge is 0.497 e. The lowest BCUT2D eigenvalue weighted by Crippen LogP contribution is -2.50. The first-order chi connectivity index (χ1) is 14.9. The van der Waals surface area contributed by atoms with Gasteiger partial charge in [0, 0.05) is 38.2 Å². The molecule has 0 bridgehead atoms. The van der Waals surface area contributed by atoms with Gasteiger partial charge in [-0.1, -0.05) is 19.0 Å². The van der Waals surface area contributed by atoms with E-state index >= 15 is 0 Å². The van der Waals surface area contributed by atoms with Crippen LogP contribution >= 0.6 is 0 Å². The fourth-order valence-corrected chi connectivity index (χ4v) is 3.32. The topological polar surface area (TPSA) is 101 Å². The number of benzene rings is 1. The van der Waals surface area contributed by atoms with Crippen LogP contribution in [0.15, 0.2) is 28.8 Å². The zero-order valence-corrected chi connectivity index (χ0v) is 18.5. The minimum Gasteiger partial charge on any atom is -0.497 e. The number of piperazine rings is 1. The summed E-state index contributed by atoms with van der Waals surface area (Å²) in [5, 5.41) is 6.79. The summed E-state index contributed by atoms with van der Waals surface area (Å²) in [6.07, 6.45) is 1.29. The maximum absolute atomic E-state index is 12.4. The molecular weight excluding hydrogens is 398 g/mol. The fraction of sp³-hybridized carbons (Fsp3) is 0.545. The second-order valence-corrected chi connectivity index (χ2v) is 8.11. The number of aromatic nitrogens is 2. The third kappa shape index (κ3) is 6.78. The van der Waals surface area contributed by atoms with Crippen LogP contribution in [0.1, 0.15) is 32.6 Å². The molecule has 3 rings (SSSR count). The van der Waals surface area contributed by atoms with E-state index < -0.39 is 0 Å². The van der Waals surface area contributed by atoms with Gasteiger partial charge in [-0.3, -0.25) is 14.5 Å². The Hall–Kier alpha value is -2.94. The van der Waals surface area contributed by atoms with E-state index in [2.05, 4.69) is 34.2 Å². The van der Waals surface area contributed by atoms with Crippen LogP contribution in [-0.4, -0.2) is 71.6 Å². The van der Waals surface area contributed by atoms with E-state index in [4.69, 9.17) is 9.26 Å². The van der Waals surface area contributed by atoms with Crippen LogP contribution in [0.25, 0.3) is 11.4 Å². The van der Waals surface area contributed by atoms with Crippen LogP contribution in [0.4, 0.5) is 0 Å². The first-order valence-electron chi connectivity index (χ1n) is 10.7. The summed E-state index contributed by atoms with van der Waals surface area (Å²) in [7, 11) is 1.62. The molecule has 9 nitrogen and oxygen atoms in total. The van der Waals surface area contributed by atoms with E-state index in [1.165, 1.54) is 0 Å². The Morgan fingerprint density at radius 2 is 1.87 bits per heavy atom. The highest BCUT2D eigenvalue weighted by Gasteiger charge is 2.23. The van der Waals surface area contributed by atoms with Gasteiger partial charge in [0.25, 0.3) is 0 Å². The minimum atomic E-state index is -0.0651. The molecule has 1 saturated heterocycles. The van der Waals surface area contributed by atoms with Crippen molar-refractivity contribution in [3.8, 4) is 17.1 Å². The summed E-state index contributed by atoms with van der Waals surface area (Å²) < 4.78 is 10.6. The summed E-state index contributed by atoms with van der Waals surface area (Å²) >= 11 is 0. The van der Waals surface area contributed by atoms with Crippen molar-refractivity contribution in [3.05, 3.63) is 30.2 Å². The molecule has 2 amide bonds. The van der Waals surface area contributed by atoms with Gasteiger partial charge in [0.2, 0.25) is 23.5 Å². The third-order valence-corrected chi connectivity index (χ3v) is 5.29. The lowest BCUT2D eigenvalue weighted by molar-refractivity contribution is -0.134. The highest BCUT2D eigenvalue weighted by Crippen LogP contribution is 2.20. The number of nitrogens with one attached hydrogen (secondary N) is 1. The SMILES string of the molecule is COc1ccc(-c2noc(CN3CCN(C(=O)CNC(=O)CCC(C)C)CC3)n2)cc1. The Morgan fingerprint density at radius 1 is 1.16 bits per heavy atom. The second-order valence-electron chi connectivity index (χ2n) is 8.11. The summed E-state index contributed by atoms with van der Waals surface area (Å²) in [6.45, 7) is 7.40. The summed E-state index contributed by atoms with van der Waals surface area (Å²) in [5.74, 6) is 2.22. The van der Waals surface area contributed by atoms with Crippen molar-refractivity contribution in [2.24, 2.45) is 5.92 Å². The standard InChI is InChI=1S/C22H31N5O4/c1-16(2)4-9-19(28)23-14-21(29)27-12-10-26(11-13-27)15-20-24-22(25-31-20)17-5-7-18(30-3)8-6-17/h5-8,16H,4,9-15H2,1-3H3,(H,23,28). The number of hydrogen-bond acceptors (Lipinski definition) is 7. The molecule has 168 valence electrons. The van der Waals surface area contributed by atoms with Gasteiger partial charge >= 0.3 is 0 Å². The van der Waals surface area contributed by atoms with E-state index in [0.717, 1.165) is 17.7 Å². The van der Waals surface area contributed by atoms with E-state index in [1.807, 2.05) is 24.3 Å². The van der Waals surface area contributed by atoms with Gasteiger partial charge in [-0.25, -0.2) is 0 Å². The van der Waals surface area contributed by atoms with Crippen molar-refractivity contribution in [2.45, 2.75) is 33.2 Å². The number of carbonyl (C=O) groups is 2. The molecule has 1 N–H and O–H groups in total. The lowest BCUT2D eigenvalue weighted by Gasteiger charge is -2.34. The Labute approximate surface area is 182 Å². The molecule has 1 aliphatic heterocycles. The maximum Gasteiger partial charge on any atom is 0.242 e. The molecule has 9 heteroatoms. The number of methoxy groups -OCH3 is 1. The van der Waals surface area contributed by atoms with Crippen LogP contribution in [0.2, 0.25) is 0 Å². The summed E-state index contributed by atoms with van der Waals surface area (Å²) in [6, 6.07) is 7.49. The van der Waals surface area contributed by atoms with Gasteiger partial charge in [-0.15, -0.1) is 0 Å². The predicted molar refractivity (Wildman–Crippen MR) is 115 cm³/mol. The van der Waals surface area contributed by atoms with E-state index in [9.17, 15) is 9.59 Å².